The summed E-state index contributed by atoms with van der Waals surface area (Å²) in [7, 11) is 3.10. The Hall–Kier alpha value is -3.06. The van der Waals surface area contributed by atoms with Crippen molar-refractivity contribution in [3.05, 3.63) is 69.2 Å². The quantitative estimate of drug-likeness (QED) is 0.514. The third-order valence-electron chi connectivity index (χ3n) is 5.46. The van der Waals surface area contributed by atoms with Crippen LogP contribution in [0.25, 0.3) is 0 Å². The second kappa shape index (κ2) is 10.5. The summed E-state index contributed by atoms with van der Waals surface area (Å²) in [5.74, 6) is 1.21. The Bertz CT molecular complexity index is 1020. The molecule has 4 rings (SSSR count). The number of nitrogens with one attached hydrogen (secondary N) is 1. The number of thiazole rings is 1. The summed E-state index contributed by atoms with van der Waals surface area (Å²) >= 11 is 1.78. The van der Waals surface area contributed by atoms with E-state index in [1.165, 1.54) is 23.4 Å². The van der Waals surface area contributed by atoms with Gasteiger partial charge in [0.25, 0.3) is 5.91 Å². The van der Waals surface area contributed by atoms with Gasteiger partial charge >= 0.3 is 0 Å². The number of hydrogen-bond donors (Lipinski definition) is 1. The lowest BCUT2D eigenvalue weighted by atomic mass is 10.0. The minimum Gasteiger partial charge on any atom is -0.493 e. The highest BCUT2D eigenvalue weighted by Gasteiger charge is 2.19. The highest BCUT2D eigenvalue weighted by molar-refractivity contribution is 7.11. The molecule has 1 heterocycles. The summed E-state index contributed by atoms with van der Waals surface area (Å²) in [6, 6.07) is 13.2. The maximum absolute atomic E-state index is 12.8. The van der Waals surface area contributed by atoms with Gasteiger partial charge in [-0.3, -0.25) is 4.79 Å². The molecule has 168 valence electrons. The molecule has 0 spiro atoms. The number of aryl methyl sites for hydroxylation is 2. The molecule has 1 aromatic heterocycles. The van der Waals surface area contributed by atoms with Crippen molar-refractivity contribution in [2.45, 2.75) is 38.7 Å². The van der Waals surface area contributed by atoms with E-state index in [1.807, 2.05) is 30.3 Å². The van der Waals surface area contributed by atoms with Crippen molar-refractivity contribution in [1.82, 2.24) is 10.3 Å². The van der Waals surface area contributed by atoms with Gasteiger partial charge in [0, 0.05) is 23.4 Å². The molecular weight excluding hydrogens is 424 g/mol. The molecule has 0 unspecified atom stereocenters. The van der Waals surface area contributed by atoms with Crippen LogP contribution in [0.2, 0.25) is 0 Å². The largest absolute Gasteiger partial charge is 0.493 e. The molecule has 0 saturated carbocycles. The van der Waals surface area contributed by atoms with Crippen LogP contribution >= 0.6 is 11.3 Å². The van der Waals surface area contributed by atoms with E-state index in [0.29, 0.717) is 36.0 Å². The van der Waals surface area contributed by atoms with Crippen molar-refractivity contribution in [3.63, 3.8) is 0 Å². The number of ether oxygens (including phenoxy) is 3. The summed E-state index contributed by atoms with van der Waals surface area (Å²) in [6.45, 7) is 0.902. The normalized spacial score (nSPS) is 12.7. The second-order valence-corrected chi connectivity index (χ2v) is 8.84. The molecule has 0 atom stereocenters. The number of carbonyl (C=O) groups is 1. The summed E-state index contributed by atoms with van der Waals surface area (Å²) in [5, 5.41) is 4.08. The van der Waals surface area contributed by atoms with Gasteiger partial charge in [-0.25, -0.2) is 4.98 Å². The first-order chi connectivity index (χ1) is 15.7. The zero-order valence-electron chi connectivity index (χ0n) is 18.5. The van der Waals surface area contributed by atoms with Gasteiger partial charge in [0.1, 0.15) is 6.61 Å². The van der Waals surface area contributed by atoms with Crippen LogP contribution in [0.5, 0.6) is 17.2 Å². The van der Waals surface area contributed by atoms with E-state index in [0.717, 1.165) is 29.8 Å². The lowest BCUT2D eigenvalue weighted by Gasteiger charge is -2.16. The number of fused-ring (bicyclic) bond motifs is 1. The van der Waals surface area contributed by atoms with Crippen LogP contribution < -0.4 is 19.5 Å². The van der Waals surface area contributed by atoms with Crippen molar-refractivity contribution in [3.8, 4) is 17.2 Å². The average molecular weight is 453 g/mol. The van der Waals surface area contributed by atoms with Crippen LogP contribution in [0.1, 0.15) is 44.3 Å². The van der Waals surface area contributed by atoms with Crippen LogP contribution in [0.3, 0.4) is 0 Å². The average Bonchev–Trinajstić information content (AvgIpc) is 3.25. The Morgan fingerprint density at radius 3 is 2.47 bits per heavy atom. The fraction of sp³-hybridized carbons (Fsp3) is 0.360. The number of methoxy groups -OCH3 is 2. The number of carbonyl (C=O) groups excluding carboxylic acids is 1. The topological polar surface area (TPSA) is 69.7 Å². The van der Waals surface area contributed by atoms with Crippen molar-refractivity contribution in [1.29, 1.82) is 0 Å². The number of benzene rings is 2. The summed E-state index contributed by atoms with van der Waals surface area (Å²) in [6.07, 6.45) is 5.42. The molecule has 1 aliphatic rings. The van der Waals surface area contributed by atoms with E-state index < -0.39 is 0 Å². The van der Waals surface area contributed by atoms with Gasteiger partial charge < -0.3 is 19.5 Å². The molecule has 0 bridgehead atoms. The van der Waals surface area contributed by atoms with Crippen molar-refractivity contribution < 1.29 is 19.0 Å². The van der Waals surface area contributed by atoms with Crippen LogP contribution in [0, 0.1) is 0 Å². The summed E-state index contributed by atoms with van der Waals surface area (Å²) in [4.78, 5) is 18.9. The van der Waals surface area contributed by atoms with Gasteiger partial charge in [0.05, 0.1) is 24.9 Å². The number of rotatable bonds is 9. The predicted octanol–water partition coefficient (Wildman–Crippen LogP) is 4.59. The molecule has 1 amide bonds. The zero-order chi connectivity index (χ0) is 22.3. The Kier molecular flexibility index (Phi) is 7.27. The molecule has 0 radical (unpaired) electrons. The highest BCUT2D eigenvalue weighted by Crippen LogP contribution is 2.39. The standard InChI is InChI=1S/C25H28N2O4S/c1-29-20-14-18(15-21(30-2)24(20)31-16-17-8-4-3-5-9-17)25(28)26-13-12-23-27-19-10-6-7-11-22(19)32-23/h3-5,8-9,14-15H,6-7,10-13,16H2,1-2H3,(H,26,28). The SMILES string of the molecule is COc1cc(C(=O)NCCc2nc3c(s2)CCCC3)cc(OC)c1OCc1ccccc1. The maximum Gasteiger partial charge on any atom is 0.251 e. The predicted molar refractivity (Wildman–Crippen MR) is 125 cm³/mol. The van der Waals surface area contributed by atoms with Crippen molar-refractivity contribution >= 4 is 17.2 Å². The zero-order valence-corrected chi connectivity index (χ0v) is 19.3. The minimum absolute atomic E-state index is 0.183. The number of amides is 1. The number of nitrogens with zero attached hydrogens (tertiary/aromatic N) is 1. The third-order valence-corrected chi connectivity index (χ3v) is 6.68. The maximum atomic E-state index is 12.8. The lowest BCUT2D eigenvalue weighted by Crippen LogP contribution is -2.25. The van der Waals surface area contributed by atoms with Crippen molar-refractivity contribution in [2.75, 3.05) is 20.8 Å². The molecule has 0 fully saturated rings. The van der Waals surface area contributed by atoms with Crippen molar-refractivity contribution in [2.24, 2.45) is 0 Å². The smallest absolute Gasteiger partial charge is 0.251 e. The third kappa shape index (κ3) is 5.22. The molecular formula is C25H28N2O4S. The molecule has 2 aromatic carbocycles. The molecule has 32 heavy (non-hydrogen) atoms. The van der Waals surface area contributed by atoms with Crippen LogP contribution in [0.15, 0.2) is 42.5 Å². The molecule has 1 aliphatic carbocycles. The van der Waals surface area contributed by atoms with E-state index in [9.17, 15) is 4.79 Å². The van der Waals surface area contributed by atoms with E-state index >= 15 is 0 Å². The Balaban J connectivity index is 1.40. The molecule has 0 aliphatic heterocycles. The summed E-state index contributed by atoms with van der Waals surface area (Å²) < 4.78 is 16.9. The molecule has 0 saturated heterocycles. The van der Waals surface area contributed by atoms with Gasteiger partial charge in [-0.05, 0) is 43.4 Å². The molecule has 7 heteroatoms. The number of aromatic nitrogens is 1. The van der Waals surface area contributed by atoms with E-state index in [-0.39, 0.29) is 5.91 Å². The first-order valence-corrected chi connectivity index (χ1v) is 11.7. The van der Waals surface area contributed by atoms with Gasteiger partial charge in [0.15, 0.2) is 11.5 Å². The Morgan fingerprint density at radius 1 is 1.06 bits per heavy atom. The minimum atomic E-state index is -0.183. The van der Waals surface area contributed by atoms with E-state index in [1.54, 1.807) is 37.7 Å². The first kappa shape index (κ1) is 22.1. The highest BCUT2D eigenvalue weighted by atomic mass is 32.1. The van der Waals surface area contributed by atoms with Crippen LogP contribution in [-0.4, -0.2) is 31.7 Å². The van der Waals surface area contributed by atoms with E-state index in [2.05, 4.69) is 5.32 Å². The van der Waals surface area contributed by atoms with E-state index in [4.69, 9.17) is 19.2 Å². The molecule has 6 nitrogen and oxygen atoms in total. The summed E-state index contributed by atoms with van der Waals surface area (Å²) in [5.41, 5.74) is 2.75. The van der Waals surface area contributed by atoms with Gasteiger partial charge in [-0.1, -0.05) is 30.3 Å². The Morgan fingerprint density at radius 2 is 1.78 bits per heavy atom. The van der Waals surface area contributed by atoms with Crippen LogP contribution in [-0.2, 0) is 25.9 Å². The van der Waals surface area contributed by atoms with Crippen LogP contribution in [0.4, 0.5) is 0 Å². The fourth-order valence-corrected chi connectivity index (χ4v) is 4.94. The van der Waals surface area contributed by atoms with Gasteiger partial charge in [-0.15, -0.1) is 11.3 Å². The lowest BCUT2D eigenvalue weighted by molar-refractivity contribution is 0.0953. The number of hydrogen-bond acceptors (Lipinski definition) is 6. The fourth-order valence-electron chi connectivity index (χ4n) is 3.78. The molecule has 1 N–H and O–H groups in total. The second-order valence-electron chi connectivity index (χ2n) is 7.67. The van der Waals surface area contributed by atoms with Gasteiger partial charge in [-0.2, -0.15) is 0 Å². The van der Waals surface area contributed by atoms with Gasteiger partial charge in [0.2, 0.25) is 5.75 Å². The first-order valence-electron chi connectivity index (χ1n) is 10.9. The monoisotopic (exact) mass is 452 g/mol. The molecule has 3 aromatic rings. The Labute approximate surface area is 192 Å².